The van der Waals surface area contributed by atoms with Crippen molar-refractivity contribution in [3.05, 3.63) is 10.3 Å². The predicted octanol–water partition coefficient (Wildman–Crippen LogP) is 0.0875. The molecule has 1 amide bonds. The lowest BCUT2D eigenvalue weighted by Gasteiger charge is -2.16. The minimum atomic E-state index is -3.74. The van der Waals surface area contributed by atoms with Crippen molar-refractivity contribution in [2.45, 2.75) is 13.3 Å². The van der Waals surface area contributed by atoms with Gasteiger partial charge in [0.25, 0.3) is 0 Å². The zero-order valence-electron chi connectivity index (χ0n) is 9.00. The molecule has 0 aromatic carbocycles. The Kier molecular flexibility index (Phi) is 4.11. The summed E-state index contributed by atoms with van der Waals surface area (Å²) >= 11 is 0.899. The number of carbonyl (C=O) groups is 1. The van der Waals surface area contributed by atoms with Crippen molar-refractivity contribution in [2.24, 2.45) is 10.1 Å². The van der Waals surface area contributed by atoms with Gasteiger partial charge in [-0.3, -0.25) is 4.79 Å². The predicted molar refractivity (Wildman–Crippen MR) is 64.1 cm³/mol. The number of nitrogens with zero attached hydrogens (tertiary/aromatic N) is 2. The Labute approximate surface area is 98.6 Å². The van der Waals surface area contributed by atoms with Crippen molar-refractivity contribution in [2.75, 3.05) is 13.6 Å². The summed E-state index contributed by atoms with van der Waals surface area (Å²) in [5, 5.41) is 5.39. The smallest absolute Gasteiger partial charge is 0.244 e. The normalized spacial score (nSPS) is 20.6. The van der Waals surface area contributed by atoms with Crippen LogP contribution in [0.5, 0.6) is 0 Å². The van der Waals surface area contributed by atoms with E-state index in [0.717, 1.165) is 11.8 Å². The summed E-state index contributed by atoms with van der Waals surface area (Å²) in [5.41, 5.74) is 0. The minimum Gasteiger partial charge on any atom is -0.354 e. The van der Waals surface area contributed by atoms with Gasteiger partial charge >= 0.3 is 0 Å². The van der Waals surface area contributed by atoms with Gasteiger partial charge in [0, 0.05) is 20.5 Å². The number of hydrogen-bond acceptors (Lipinski definition) is 4. The number of sulfonamides is 1. The number of carbonyl (C=O) groups excluding carboxylic acids is 1. The van der Waals surface area contributed by atoms with Crippen molar-refractivity contribution in [1.29, 1.82) is 0 Å². The van der Waals surface area contributed by atoms with Gasteiger partial charge in [-0.15, -0.1) is 0 Å². The molecule has 2 N–H and O–H groups in total. The number of amidine groups is 1. The summed E-state index contributed by atoms with van der Waals surface area (Å²) in [6.45, 7) is 1.91. The lowest BCUT2D eigenvalue weighted by molar-refractivity contribution is -0.115. The van der Waals surface area contributed by atoms with E-state index in [9.17, 15) is 13.2 Å². The molecule has 1 rings (SSSR count). The van der Waals surface area contributed by atoms with Gasteiger partial charge < -0.3 is 4.90 Å². The molecular formula is C8H13N3O3S2. The SMILES string of the molecule is CC(=O)N=C1SC(S(N)(=O)=O)=CCCN1C. The third-order valence-corrected chi connectivity index (χ3v) is 4.46. The highest BCUT2D eigenvalue weighted by molar-refractivity contribution is 8.26. The molecule has 0 aromatic heterocycles. The lowest BCUT2D eigenvalue weighted by atomic mass is 10.4. The van der Waals surface area contributed by atoms with Crippen molar-refractivity contribution in [3.8, 4) is 0 Å². The van der Waals surface area contributed by atoms with Gasteiger partial charge in [0.15, 0.2) is 5.17 Å². The first-order valence-corrected chi connectivity index (χ1v) is 6.88. The van der Waals surface area contributed by atoms with E-state index >= 15 is 0 Å². The second kappa shape index (κ2) is 4.98. The highest BCUT2D eigenvalue weighted by Gasteiger charge is 2.21. The van der Waals surface area contributed by atoms with Crippen molar-refractivity contribution < 1.29 is 13.2 Å². The van der Waals surface area contributed by atoms with Crippen LogP contribution < -0.4 is 5.14 Å². The van der Waals surface area contributed by atoms with Crippen LogP contribution in [0.1, 0.15) is 13.3 Å². The van der Waals surface area contributed by atoms with Crippen LogP contribution in [0.2, 0.25) is 0 Å². The molecule has 1 aliphatic rings. The van der Waals surface area contributed by atoms with Crippen LogP contribution in [0.3, 0.4) is 0 Å². The van der Waals surface area contributed by atoms with Gasteiger partial charge in [0.1, 0.15) is 4.24 Å². The molecule has 0 radical (unpaired) electrons. The summed E-state index contributed by atoms with van der Waals surface area (Å²) in [6, 6.07) is 0. The molecule has 0 bridgehead atoms. The topological polar surface area (TPSA) is 92.8 Å². The van der Waals surface area contributed by atoms with Crippen LogP contribution in [0, 0.1) is 0 Å². The number of thioether (sulfide) groups is 1. The molecule has 1 heterocycles. The van der Waals surface area contributed by atoms with Gasteiger partial charge in [-0.25, -0.2) is 13.6 Å². The molecule has 8 heteroatoms. The van der Waals surface area contributed by atoms with E-state index < -0.39 is 10.0 Å². The Morgan fingerprint density at radius 1 is 1.62 bits per heavy atom. The molecule has 1 aliphatic heterocycles. The van der Waals surface area contributed by atoms with Crippen LogP contribution in [0.4, 0.5) is 0 Å². The summed E-state index contributed by atoms with van der Waals surface area (Å²) in [7, 11) is -1.99. The molecule has 0 spiro atoms. The molecule has 16 heavy (non-hydrogen) atoms. The Bertz CT molecular complexity index is 453. The lowest BCUT2D eigenvalue weighted by Crippen LogP contribution is -2.25. The first-order chi connectivity index (χ1) is 7.30. The van der Waals surface area contributed by atoms with Crippen LogP contribution in [0.15, 0.2) is 15.3 Å². The van der Waals surface area contributed by atoms with Crippen LogP contribution in [0.25, 0.3) is 0 Å². The van der Waals surface area contributed by atoms with Crippen molar-refractivity contribution in [1.82, 2.24) is 4.90 Å². The summed E-state index contributed by atoms with van der Waals surface area (Å²) in [5.74, 6) is -0.370. The highest BCUT2D eigenvalue weighted by Crippen LogP contribution is 2.26. The molecule has 0 fully saturated rings. The second-order valence-electron chi connectivity index (χ2n) is 3.29. The van der Waals surface area contributed by atoms with E-state index in [-0.39, 0.29) is 10.1 Å². The number of primary sulfonamides is 1. The number of aliphatic imine (C=N–C) groups is 1. The monoisotopic (exact) mass is 263 g/mol. The Hall–Kier alpha value is -0.860. The van der Waals surface area contributed by atoms with Crippen LogP contribution in [-0.4, -0.2) is 38.0 Å². The van der Waals surface area contributed by atoms with Gasteiger partial charge in [-0.05, 0) is 18.2 Å². The average molecular weight is 263 g/mol. The van der Waals surface area contributed by atoms with Gasteiger partial charge in [-0.2, -0.15) is 4.99 Å². The quantitative estimate of drug-likeness (QED) is 0.723. The van der Waals surface area contributed by atoms with E-state index in [1.165, 1.54) is 6.92 Å². The average Bonchev–Trinajstić information content (AvgIpc) is 2.27. The molecule has 0 saturated heterocycles. The maximum absolute atomic E-state index is 11.2. The number of hydrogen-bond donors (Lipinski definition) is 1. The maximum Gasteiger partial charge on any atom is 0.244 e. The zero-order valence-corrected chi connectivity index (χ0v) is 10.6. The molecule has 6 nitrogen and oxygen atoms in total. The standard InChI is InChI=1S/C8H13N3O3S2/c1-6(12)10-8-11(2)5-3-4-7(15-8)16(9,13)14/h4H,3,5H2,1-2H3,(H2,9,13,14). The number of amides is 1. The highest BCUT2D eigenvalue weighted by atomic mass is 32.3. The van der Waals surface area contributed by atoms with Crippen molar-refractivity contribution >= 4 is 32.9 Å². The summed E-state index contributed by atoms with van der Waals surface area (Å²) in [4.78, 5) is 16.4. The van der Waals surface area contributed by atoms with Crippen LogP contribution in [-0.2, 0) is 14.8 Å². The Morgan fingerprint density at radius 2 is 2.25 bits per heavy atom. The summed E-state index contributed by atoms with van der Waals surface area (Å²) < 4.78 is 22.5. The third-order valence-electron chi connectivity index (χ3n) is 1.83. The number of nitrogens with two attached hydrogens (primary N) is 1. The molecule has 0 atom stereocenters. The minimum absolute atomic E-state index is 0.0388. The molecule has 0 saturated carbocycles. The largest absolute Gasteiger partial charge is 0.354 e. The van der Waals surface area contributed by atoms with Gasteiger partial charge in [0.2, 0.25) is 15.9 Å². The van der Waals surface area contributed by atoms with Gasteiger partial charge in [-0.1, -0.05) is 6.08 Å². The summed E-state index contributed by atoms with van der Waals surface area (Å²) in [6.07, 6.45) is 2.09. The first-order valence-electron chi connectivity index (χ1n) is 4.52. The molecule has 0 unspecified atom stereocenters. The fraction of sp³-hybridized carbons (Fsp3) is 0.500. The number of rotatable bonds is 1. The fourth-order valence-electron chi connectivity index (χ4n) is 1.10. The van der Waals surface area contributed by atoms with E-state index in [0.29, 0.717) is 18.1 Å². The molecule has 90 valence electrons. The third kappa shape index (κ3) is 3.62. The van der Waals surface area contributed by atoms with E-state index in [1.807, 2.05) is 0 Å². The van der Waals surface area contributed by atoms with Crippen LogP contribution >= 0.6 is 11.8 Å². The Balaban J connectivity index is 3.05. The Morgan fingerprint density at radius 3 is 2.75 bits per heavy atom. The molecular weight excluding hydrogens is 250 g/mol. The van der Waals surface area contributed by atoms with E-state index in [2.05, 4.69) is 4.99 Å². The molecule has 0 aromatic rings. The fourth-order valence-corrected chi connectivity index (χ4v) is 2.94. The van der Waals surface area contributed by atoms with Gasteiger partial charge in [0.05, 0.1) is 0 Å². The molecule has 0 aliphatic carbocycles. The van der Waals surface area contributed by atoms with E-state index in [4.69, 9.17) is 5.14 Å². The second-order valence-corrected chi connectivity index (χ2v) is 6.09. The van der Waals surface area contributed by atoms with E-state index in [1.54, 1.807) is 18.0 Å². The van der Waals surface area contributed by atoms with Crippen molar-refractivity contribution in [3.63, 3.8) is 0 Å². The first kappa shape index (κ1) is 13.2. The zero-order chi connectivity index (χ0) is 12.3. The maximum atomic E-state index is 11.2.